The molecule has 0 radical (unpaired) electrons. The predicted octanol–water partition coefficient (Wildman–Crippen LogP) is 5.31. The van der Waals surface area contributed by atoms with Crippen LogP contribution in [0.2, 0.25) is 10.0 Å². The third-order valence-corrected chi connectivity index (χ3v) is 2.94. The minimum absolute atomic E-state index is 0.420. The lowest BCUT2D eigenvalue weighted by molar-refractivity contribution is 1.52. The van der Waals surface area contributed by atoms with Crippen LogP contribution in [0.5, 0.6) is 0 Å². The molecular formula is C13H8Cl3N. The Kier molecular flexibility index (Phi) is 4.06. The monoisotopic (exact) mass is 283 g/mol. The molecule has 0 aliphatic carbocycles. The molecule has 1 nitrogen and oxygen atoms in total. The number of nitrogens with zero attached hydrogens (tertiary/aromatic N) is 1. The lowest BCUT2D eigenvalue weighted by Gasteiger charge is -1.99. The molecule has 2 aromatic carbocycles. The first-order chi connectivity index (χ1) is 8.15. The van der Waals surface area contributed by atoms with Gasteiger partial charge in [-0.15, -0.1) is 0 Å². The summed E-state index contributed by atoms with van der Waals surface area (Å²) < 4.78 is 0. The molecule has 0 aliphatic heterocycles. The predicted molar refractivity (Wildman–Crippen MR) is 75.0 cm³/mol. The van der Waals surface area contributed by atoms with Crippen molar-refractivity contribution in [1.29, 1.82) is 0 Å². The zero-order valence-electron chi connectivity index (χ0n) is 8.70. The maximum absolute atomic E-state index is 6.11. The minimum atomic E-state index is 0.420. The molecular weight excluding hydrogens is 277 g/mol. The van der Waals surface area contributed by atoms with Gasteiger partial charge in [-0.25, -0.2) is 4.99 Å². The van der Waals surface area contributed by atoms with Crippen molar-refractivity contribution in [2.24, 2.45) is 4.99 Å². The fourth-order valence-corrected chi connectivity index (χ4v) is 1.76. The molecule has 0 aromatic heterocycles. The average Bonchev–Trinajstić information content (AvgIpc) is 2.33. The maximum Gasteiger partial charge on any atom is 0.136 e. The minimum Gasteiger partial charge on any atom is -0.236 e. The summed E-state index contributed by atoms with van der Waals surface area (Å²) in [6.45, 7) is 0. The summed E-state index contributed by atoms with van der Waals surface area (Å²) >= 11 is 17.7. The molecule has 17 heavy (non-hydrogen) atoms. The van der Waals surface area contributed by atoms with E-state index in [9.17, 15) is 0 Å². The van der Waals surface area contributed by atoms with Gasteiger partial charge >= 0.3 is 0 Å². The van der Waals surface area contributed by atoms with Crippen LogP contribution >= 0.6 is 34.8 Å². The number of rotatable bonds is 2. The second-order valence-electron chi connectivity index (χ2n) is 3.39. The molecule has 0 N–H and O–H groups in total. The van der Waals surface area contributed by atoms with Gasteiger partial charge in [-0.05, 0) is 36.4 Å². The maximum atomic E-state index is 6.11. The fraction of sp³-hybridized carbons (Fsp3) is 0. The number of hydrogen-bond donors (Lipinski definition) is 0. The van der Waals surface area contributed by atoms with Crippen molar-refractivity contribution in [2.75, 3.05) is 0 Å². The highest BCUT2D eigenvalue weighted by Crippen LogP contribution is 2.19. The van der Waals surface area contributed by atoms with Gasteiger partial charge in [0.05, 0.1) is 5.69 Å². The summed E-state index contributed by atoms with van der Waals surface area (Å²) in [4.78, 5) is 4.28. The molecule has 0 spiro atoms. The Hall–Kier alpha value is -1.02. The smallest absolute Gasteiger partial charge is 0.136 e. The Morgan fingerprint density at radius 3 is 1.76 bits per heavy atom. The Labute approximate surface area is 115 Å². The first-order valence-corrected chi connectivity index (χ1v) is 6.04. The molecule has 0 fully saturated rings. The lowest BCUT2D eigenvalue weighted by atomic mass is 10.2. The van der Waals surface area contributed by atoms with Crippen LogP contribution in [-0.2, 0) is 0 Å². The number of aliphatic imine (C=N–C) groups is 1. The first-order valence-electron chi connectivity index (χ1n) is 4.91. The van der Waals surface area contributed by atoms with Crippen molar-refractivity contribution in [1.82, 2.24) is 0 Å². The van der Waals surface area contributed by atoms with Crippen molar-refractivity contribution < 1.29 is 0 Å². The SMILES string of the molecule is Cl/C(=N\c1ccc(Cl)cc1)c1ccc(Cl)cc1. The van der Waals surface area contributed by atoms with Crippen molar-refractivity contribution in [3.63, 3.8) is 0 Å². The van der Waals surface area contributed by atoms with Crippen molar-refractivity contribution >= 4 is 45.7 Å². The highest BCUT2D eigenvalue weighted by molar-refractivity contribution is 6.69. The normalized spacial score (nSPS) is 11.6. The van der Waals surface area contributed by atoms with Crippen molar-refractivity contribution in [2.45, 2.75) is 0 Å². The van der Waals surface area contributed by atoms with Gasteiger partial charge in [0, 0.05) is 15.6 Å². The summed E-state index contributed by atoms with van der Waals surface area (Å²) in [5.41, 5.74) is 1.58. The molecule has 0 saturated carbocycles. The van der Waals surface area contributed by atoms with Gasteiger partial charge in [-0.2, -0.15) is 0 Å². The Morgan fingerprint density at radius 2 is 1.24 bits per heavy atom. The van der Waals surface area contributed by atoms with Crippen molar-refractivity contribution in [3.05, 3.63) is 64.1 Å². The molecule has 2 rings (SSSR count). The quantitative estimate of drug-likeness (QED) is 0.663. The average molecular weight is 285 g/mol. The van der Waals surface area contributed by atoms with Crippen LogP contribution in [0.4, 0.5) is 5.69 Å². The second-order valence-corrected chi connectivity index (χ2v) is 4.62. The fourth-order valence-electron chi connectivity index (χ4n) is 1.28. The van der Waals surface area contributed by atoms with E-state index in [-0.39, 0.29) is 0 Å². The van der Waals surface area contributed by atoms with E-state index in [4.69, 9.17) is 34.8 Å². The van der Waals surface area contributed by atoms with Gasteiger partial charge in [-0.1, -0.05) is 46.9 Å². The van der Waals surface area contributed by atoms with E-state index in [2.05, 4.69) is 4.99 Å². The summed E-state index contributed by atoms with van der Waals surface area (Å²) in [6, 6.07) is 14.3. The molecule has 0 amide bonds. The highest BCUT2D eigenvalue weighted by atomic mass is 35.5. The Balaban J connectivity index is 2.27. The molecule has 86 valence electrons. The van der Waals surface area contributed by atoms with Crippen LogP contribution in [0.1, 0.15) is 5.56 Å². The van der Waals surface area contributed by atoms with Gasteiger partial charge in [0.1, 0.15) is 5.17 Å². The third kappa shape index (κ3) is 3.47. The van der Waals surface area contributed by atoms with E-state index >= 15 is 0 Å². The number of benzene rings is 2. The summed E-state index contributed by atoms with van der Waals surface area (Å²) in [5.74, 6) is 0. The molecule has 0 unspecified atom stereocenters. The van der Waals surface area contributed by atoms with Crippen LogP contribution < -0.4 is 0 Å². The molecule has 0 atom stereocenters. The van der Waals surface area contributed by atoms with E-state index in [0.717, 1.165) is 11.3 Å². The van der Waals surface area contributed by atoms with Crippen LogP contribution in [0.3, 0.4) is 0 Å². The summed E-state index contributed by atoms with van der Waals surface area (Å²) in [6.07, 6.45) is 0. The standard InChI is InChI=1S/C13H8Cl3N/c14-10-3-1-9(2-4-10)13(16)17-12-7-5-11(15)6-8-12/h1-8H/b17-13-. The van der Waals surface area contributed by atoms with Crippen LogP contribution in [-0.4, -0.2) is 5.17 Å². The van der Waals surface area contributed by atoms with Crippen LogP contribution in [0.15, 0.2) is 53.5 Å². The van der Waals surface area contributed by atoms with Crippen LogP contribution in [0.25, 0.3) is 0 Å². The number of hydrogen-bond acceptors (Lipinski definition) is 1. The van der Waals surface area contributed by atoms with E-state index < -0.39 is 0 Å². The van der Waals surface area contributed by atoms with E-state index in [1.54, 1.807) is 36.4 Å². The Bertz CT molecular complexity index is 530. The topological polar surface area (TPSA) is 12.4 Å². The molecule has 0 saturated heterocycles. The molecule has 4 heteroatoms. The number of halogens is 3. The van der Waals surface area contributed by atoms with Gasteiger partial charge in [0.2, 0.25) is 0 Å². The van der Waals surface area contributed by atoms with Gasteiger partial charge in [0.25, 0.3) is 0 Å². The van der Waals surface area contributed by atoms with Crippen molar-refractivity contribution in [3.8, 4) is 0 Å². The van der Waals surface area contributed by atoms with E-state index in [1.807, 2.05) is 12.1 Å². The third-order valence-electron chi connectivity index (χ3n) is 2.14. The molecule has 0 heterocycles. The lowest BCUT2D eigenvalue weighted by Crippen LogP contribution is -1.89. The van der Waals surface area contributed by atoms with Gasteiger partial charge in [-0.3, -0.25) is 0 Å². The van der Waals surface area contributed by atoms with Gasteiger partial charge in [0.15, 0.2) is 0 Å². The largest absolute Gasteiger partial charge is 0.236 e. The summed E-state index contributed by atoms with van der Waals surface area (Å²) in [5, 5.41) is 1.76. The Morgan fingerprint density at radius 1 is 0.765 bits per heavy atom. The highest BCUT2D eigenvalue weighted by Gasteiger charge is 2.00. The van der Waals surface area contributed by atoms with Gasteiger partial charge < -0.3 is 0 Å². The van der Waals surface area contributed by atoms with E-state index in [0.29, 0.717) is 15.2 Å². The first kappa shape index (κ1) is 12.4. The van der Waals surface area contributed by atoms with E-state index in [1.165, 1.54) is 0 Å². The summed E-state index contributed by atoms with van der Waals surface area (Å²) in [7, 11) is 0. The molecule has 2 aromatic rings. The molecule has 0 bridgehead atoms. The zero-order chi connectivity index (χ0) is 12.3. The molecule has 0 aliphatic rings. The second kappa shape index (κ2) is 5.54. The zero-order valence-corrected chi connectivity index (χ0v) is 11.0. The van der Waals surface area contributed by atoms with Crippen LogP contribution in [0, 0.1) is 0 Å².